The highest BCUT2D eigenvalue weighted by atomic mass is 16.3. The van der Waals surface area contributed by atoms with Gasteiger partial charge in [0.15, 0.2) is 0 Å². The van der Waals surface area contributed by atoms with E-state index in [1.165, 1.54) is 18.4 Å². The van der Waals surface area contributed by atoms with E-state index in [4.69, 9.17) is 4.42 Å². The van der Waals surface area contributed by atoms with Crippen LogP contribution in [-0.2, 0) is 13.1 Å². The summed E-state index contributed by atoms with van der Waals surface area (Å²) in [6.45, 7) is 5.14. The lowest BCUT2D eigenvalue weighted by Gasteiger charge is -2.13. The van der Waals surface area contributed by atoms with Gasteiger partial charge in [-0.05, 0) is 33.1 Å². The molecule has 1 aromatic rings. The van der Waals surface area contributed by atoms with E-state index >= 15 is 0 Å². The van der Waals surface area contributed by atoms with Gasteiger partial charge >= 0.3 is 0 Å². The predicted molar refractivity (Wildman–Crippen MR) is 62.7 cm³/mol. The van der Waals surface area contributed by atoms with Crippen molar-refractivity contribution in [2.24, 2.45) is 0 Å². The third kappa shape index (κ3) is 4.49. The lowest BCUT2D eigenvalue weighted by molar-refractivity contribution is 0.290. The van der Waals surface area contributed by atoms with E-state index in [1.807, 2.05) is 13.3 Å². The Morgan fingerprint density at radius 3 is 2.93 bits per heavy atom. The van der Waals surface area contributed by atoms with Gasteiger partial charge in [-0.3, -0.25) is 4.90 Å². The van der Waals surface area contributed by atoms with Crippen molar-refractivity contribution in [3.63, 3.8) is 0 Å². The minimum Gasteiger partial charge on any atom is -0.468 e. The first kappa shape index (κ1) is 12.3. The van der Waals surface area contributed by atoms with Gasteiger partial charge in [0, 0.05) is 12.1 Å². The lowest BCUT2D eigenvalue weighted by Crippen LogP contribution is -2.18. The molecular formula is C12H22N2O. The maximum Gasteiger partial charge on any atom is 0.118 e. The second-order valence-corrected chi connectivity index (χ2v) is 4.04. The highest BCUT2D eigenvalue weighted by Crippen LogP contribution is 2.10. The molecule has 0 unspecified atom stereocenters. The summed E-state index contributed by atoms with van der Waals surface area (Å²) < 4.78 is 5.49. The molecule has 1 heterocycles. The first-order valence-electron chi connectivity index (χ1n) is 5.65. The fraction of sp³-hybridized carbons (Fsp3) is 0.667. The molecule has 1 N–H and O–H groups in total. The summed E-state index contributed by atoms with van der Waals surface area (Å²) in [5.74, 6) is 1.05. The summed E-state index contributed by atoms with van der Waals surface area (Å²) >= 11 is 0. The van der Waals surface area contributed by atoms with Crippen molar-refractivity contribution in [3.8, 4) is 0 Å². The number of furan rings is 1. The van der Waals surface area contributed by atoms with E-state index < -0.39 is 0 Å². The van der Waals surface area contributed by atoms with Gasteiger partial charge in [0.2, 0.25) is 0 Å². The standard InChI is InChI=1S/C12H22N2O/c1-4-5-6-14(3)9-12-7-11(8-13-2)10-15-12/h7,10,13H,4-6,8-9H2,1-3H3. The van der Waals surface area contributed by atoms with Gasteiger partial charge < -0.3 is 9.73 Å². The van der Waals surface area contributed by atoms with Crippen LogP contribution >= 0.6 is 0 Å². The van der Waals surface area contributed by atoms with E-state index in [0.29, 0.717) is 0 Å². The van der Waals surface area contributed by atoms with E-state index in [-0.39, 0.29) is 0 Å². The normalized spacial score (nSPS) is 11.2. The summed E-state index contributed by atoms with van der Waals surface area (Å²) in [6.07, 6.45) is 4.33. The number of unbranched alkanes of at least 4 members (excludes halogenated alkanes) is 1. The molecule has 0 aromatic carbocycles. The molecule has 3 nitrogen and oxygen atoms in total. The number of hydrogen-bond donors (Lipinski definition) is 1. The van der Waals surface area contributed by atoms with Crippen LogP contribution in [0, 0.1) is 0 Å². The van der Waals surface area contributed by atoms with Crippen LogP contribution < -0.4 is 5.32 Å². The Hall–Kier alpha value is -0.800. The number of rotatable bonds is 7. The van der Waals surface area contributed by atoms with Crippen molar-refractivity contribution in [1.29, 1.82) is 0 Å². The summed E-state index contributed by atoms with van der Waals surface area (Å²) in [5, 5.41) is 3.11. The topological polar surface area (TPSA) is 28.4 Å². The predicted octanol–water partition coefficient (Wildman–Crippen LogP) is 2.23. The zero-order valence-electron chi connectivity index (χ0n) is 10.0. The fourth-order valence-electron chi connectivity index (χ4n) is 1.58. The molecule has 0 saturated heterocycles. The summed E-state index contributed by atoms with van der Waals surface area (Å²) in [4.78, 5) is 2.30. The van der Waals surface area contributed by atoms with Crippen LogP contribution in [0.1, 0.15) is 31.1 Å². The molecule has 0 fully saturated rings. The molecule has 0 aliphatic carbocycles. The van der Waals surface area contributed by atoms with Crippen LogP contribution in [0.4, 0.5) is 0 Å². The Balaban J connectivity index is 2.35. The van der Waals surface area contributed by atoms with Gasteiger partial charge in [-0.2, -0.15) is 0 Å². The molecule has 1 rings (SSSR count). The minimum atomic E-state index is 0.877. The Labute approximate surface area is 92.5 Å². The molecule has 0 aliphatic heterocycles. The quantitative estimate of drug-likeness (QED) is 0.748. The Morgan fingerprint density at radius 1 is 1.47 bits per heavy atom. The molecule has 0 bridgehead atoms. The van der Waals surface area contributed by atoms with E-state index in [9.17, 15) is 0 Å². The van der Waals surface area contributed by atoms with E-state index in [2.05, 4.69) is 30.3 Å². The van der Waals surface area contributed by atoms with Gasteiger partial charge in [-0.15, -0.1) is 0 Å². The monoisotopic (exact) mass is 210 g/mol. The van der Waals surface area contributed by atoms with Crippen molar-refractivity contribution < 1.29 is 4.42 Å². The van der Waals surface area contributed by atoms with Crippen LogP contribution in [0.2, 0.25) is 0 Å². The van der Waals surface area contributed by atoms with Crippen molar-refractivity contribution in [3.05, 3.63) is 23.7 Å². The molecule has 1 aromatic heterocycles. The lowest BCUT2D eigenvalue weighted by atomic mass is 10.3. The highest BCUT2D eigenvalue weighted by molar-refractivity contribution is 5.12. The number of hydrogen-bond acceptors (Lipinski definition) is 3. The van der Waals surface area contributed by atoms with E-state index in [0.717, 1.165) is 25.4 Å². The smallest absolute Gasteiger partial charge is 0.118 e. The van der Waals surface area contributed by atoms with Crippen LogP contribution in [-0.4, -0.2) is 25.5 Å². The zero-order valence-corrected chi connectivity index (χ0v) is 10.0. The molecule has 0 aliphatic rings. The zero-order chi connectivity index (χ0) is 11.1. The molecular weight excluding hydrogens is 188 g/mol. The van der Waals surface area contributed by atoms with Gasteiger partial charge in [0.1, 0.15) is 5.76 Å². The molecule has 0 amide bonds. The van der Waals surface area contributed by atoms with E-state index in [1.54, 1.807) is 0 Å². The first-order valence-corrected chi connectivity index (χ1v) is 5.65. The molecule has 86 valence electrons. The van der Waals surface area contributed by atoms with Crippen molar-refractivity contribution >= 4 is 0 Å². The second-order valence-electron chi connectivity index (χ2n) is 4.04. The molecule has 0 atom stereocenters. The largest absolute Gasteiger partial charge is 0.468 e. The van der Waals surface area contributed by atoms with Gasteiger partial charge in [0.25, 0.3) is 0 Å². The van der Waals surface area contributed by atoms with Crippen LogP contribution in [0.25, 0.3) is 0 Å². The molecule has 15 heavy (non-hydrogen) atoms. The van der Waals surface area contributed by atoms with Crippen LogP contribution in [0.15, 0.2) is 16.7 Å². The summed E-state index contributed by atoms with van der Waals surface area (Å²) in [6, 6.07) is 2.12. The second kappa shape index (κ2) is 6.64. The molecule has 0 saturated carbocycles. The molecule has 3 heteroatoms. The van der Waals surface area contributed by atoms with Crippen LogP contribution in [0.3, 0.4) is 0 Å². The molecule has 0 radical (unpaired) electrons. The summed E-state index contributed by atoms with van der Waals surface area (Å²) in [5.41, 5.74) is 1.22. The maximum atomic E-state index is 5.49. The van der Waals surface area contributed by atoms with Crippen molar-refractivity contribution in [2.45, 2.75) is 32.9 Å². The number of nitrogens with zero attached hydrogens (tertiary/aromatic N) is 1. The van der Waals surface area contributed by atoms with Crippen molar-refractivity contribution in [2.75, 3.05) is 20.6 Å². The average molecular weight is 210 g/mol. The average Bonchev–Trinajstić information content (AvgIpc) is 2.63. The van der Waals surface area contributed by atoms with Crippen molar-refractivity contribution in [1.82, 2.24) is 10.2 Å². The number of nitrogens with one attached hydrogen (secondary N) is 1. The van der Waals surface area contributed by atoms with Gasteiger partial charge in [-0.1, -0.05) is 13.3 Å². The first-order chi connectivity index (χ1) is 7.26. The maximum absolute atomic E-state index is 5.49. The summed E-state index contributed by atoms with van der Waals surface area (Å²) in [7, 11) is 4.08. The van der Waals surface area contributed by atoms with Gasteiger partial charge in [0.05, 0.1) is 12.8 Å². The highest BCUT2D eigenvalue weighted by Gasteiger charge is 2.04. The van der Waals surface area contributed by atoms with Gasteiger partial charge in [-0.25, -0.2) is 0 Å². The Morgan fingerprint density at radius 2 is 2.27 bits per heavy atom. The third-order valence-corrected chi connectivity index (χ3v) is 2.41. The fourth-order valence-corrected chi connectivity index (χ4v) is 1.58. The third-order valence-electron chi connectivity index (χ3n) is 2.41. The Bertz CT molecular complexity index is 270. The SMILES string of the molecule is CCCCN(C)Cc1cc(CNC)co1. The molecule has 0 spiro atoms. The minimum absolute atomic E-state index is 0.877. The Kier molecular flexibility index (Phi) is 5.43. The van der Waals surface area contributed by atoms with Crippen LogP contribution in [0.5, 0.6) is 0 Å².